The summed E-state index contributed by atoms with van der Waals surface area (Å²) in [6, 6.07) is 0. The highest BCUT2D eigenvalue weighted by atomic mass is 127. The number of ether oxygens (including phenoxy) is 13. The molecule has 1 N–H and O–H groups in total. The molecule has 0 saturated carbocycles. The number of carbonyl (C=O) groups is 1. The SMILES string of the molecule is O=C(O)COCCOCCOCCOCCOCCOCCOCCOCCOCCOCCOCCOCCOCCCCCCI. The Morgan fingerprint density at radius 2 is 0.521 bits per heavy atom. The van der Waals surface area contributed by atoms with Gasteiger partial charge in [-0.25, -0.2) is 4.79 Å². The third kappa shape index (κ3) is 45.7. The van der Waals surface area contributed by atoms with Crippen molar-refractivity contribution in [1.82, 2.24) is 0 Å². The average molecular weight is 815 g/mol. The number of rotatable bonds is 44. The average Bonchev–Trinajstić information content (AvgIpc) is 3.08. The maximum absolute atomic E-state index is 10.3. The van der Waals surface area contributed by atoms with Crippen molar-refractivity contribution < 1.29 is 71.5 Å². The summed E-state index contributed by atoms with van der Waals surface area (Å²) >= 11 is 2.42. The fourth-order valence-corrected chi connectivity index (χ4v) is 3.99. The third-order valence-corrected chi connectivity index (χ3v) is 6.62. The standard InChI is InChI=1S/C32H63IO15/c33-5-3-1-2-4-6-36-7-8-37-9-10-38-11-12-39-13-14-40-15-16-41-17-18-42-19-20-43-21-22-44-23-24-45-25-26-46-27-28-47-29-30-48-31-32(34)35/h1-31H2,(H,34,35). The van der Waals surface area contributed by atoms with Gasteiger partial charge in [-0.3, -0.25) is 0 Å². The van der Waals surface area contributed by atoms with Gasteiger partial charge in [0.2, 0.25) is 0 Å². The molecule has 0 heterocycles. The van der Waals surface area contributed by atoms with Crippen molar-refractivity contribution in [1.29, 1.82) is 0 Å². The van der Waals surface area contributed by atoms with Gasteiger partial charge in [0.05, 0.1) is 159 Å². The van der Waals surface area contributed by atoms with Crippen LogP contribution in [-0.2, 0) is 66.4 Å². The number of aliphatic carboxylic acids is 1. The molecule has 0 radical (unpaired) electrons. The van der Waals surface area contributed by atoms with Crippen LogP contribution in [0.2, 0.25) is 0 Å². The highest BCUT2D eigenvalue weighted by Gasteiger charge is 1.98. The molecular formula is C32H63IO15. The third-order valence-electron chi connectivity index (χ3n) is 5.86. The Hall–Kier alpha value is -0.320. The first-order valence-corrected chi connectivity index (χ1v) is 18.6. The van der Waals surface area contributed by atoms with Crippen LogP contribution < -0.4 is 0 Å². The molecule has 0 aliphatic carbocycles. The van der Waals surface area contributed by atoms with Crippen LogP contribution in [0, 0.1) is 0 Å². The predicted octanol–water partition coefficient (Wildman–Crippen LogP) is 2.28. The molecule has 15 nitrogen and oxygen atoms in total. The van der Waals surface area contributed by atoms with Gasteiger partial charge >= 0.3 is 5.97 Å². The molecule has 0 fully saturated rings. The van der Waals surface area contributed by atoms with E-state index in [0.29, 0.717) is 152 Å². The molecule has 0 amide bonds. The molecule has 0 aliphatic rings. The van der Waals surface area contributed by atoms with Crippen molar-refractivity contribution >= 4 is 28.6 Å². The molecular weight excluding hydrogens is 751 g/mol. The lowest BCUT2D eigenvalue weighted by atomic mass is 10.2. The van der Waals surface area contributed by atoms with E-state index in [1.165, 1.54) is 23.7 Å². The molecule has 0 aromatic rings. The maximum Gasteiger partial charge on any atom is 0.329 e. The summed E-state index contributed by atoms with van der Waals surface area (Å²) in [5.74, 6) is -0.995. The molecule has 0 rings (SSSR count). The van der Waals surface area contributed by atoms with E-state index in [9.17, 15) is 4.79 Å². The minimum absolute atomic E-state index is 0.241. The lowest BCUT2D eigenvalue weighted by Gasteiger charge is -2.09. The lowest BCUT2D eigenvalue weighted by Crippen LogP contribution is -2.15. The van der Waals surface area contributed by atoms with Crippen LogP contribution >= 0.6 is 22.6 Å². The number of alkyl halides is 1. The molecule has 0 bridgehead atoms. The Balaban J connectivity index is 3.04. The topological polar surface area (TPSA) is 157 Å². The van der Waals surface area contributed by atoms with E-state index in [2.05, 4.69) is 22.6 Å². The van der Waals surface area contributed by atoms with Gasteiger partial charge in [-0.05, 0) is 17.3 Å². The van der Waals surface area contributed by atoms with Gasteiger partial charge < -0.3 is 66.7 Å². The van der Waals surface area contributed by atoms with Gasteiger partial charge in [0.15, 0.2) is 0 Å². The van der Waals surface area contributed by atoms with Crippen LogP contribution in [0.4, 0.5) is 0 Å². The number of unbranched alkanes of at least 4 members (excludes halogenated alkanes) is 3. The monoisotopic (exact) mass is 814 g/mol. The highest BCUT2D eigenvalue weighted by molar-refractivity contribution is 14.1. The van der Waals surface area contributed by atoms with Crippen molar-refractivity contribution in [3.8, 4) is 0 Å². The van der Waals surface area contributed by atoms with Crippen molar-refractivity contribution in [2.45, 2.75) is 25.7 Å². The molecule has 16 heteroatoms. The van der Waals surface area contributed by atoms with Crippen LogP contribution in [0.5, 0.6) is 0 Å². The van der Waals surface area contributed by atoms with Gasteiger partial charge in [0.25, 0.3) is 0 Å². The minimum atomic E-state index is -0.995. The lowest BCUT2D eigenvalue weighted by molar-refractivity contribution is -0.142. The Morgan fingerprint density at radius 1 is 0.312 bits per heavy atom. The fraction of sp³-hybridized carbons (Fsp3) is 0.969. The van der Waals surface area contributed by atoms with Crippen LogP contribution in [0.15, 0.2) is 0 Å². The fourth-order valence-electron chi connectivity index (χ4n) is 3.45. The zero-order chi connectivity index (χ0) is 34.7. The molecule has 0 aliphatic heterocycles. The second-order valence-corrected chi connectivity index (χ2v) is 11.0. The Kier molecular flexibility index (Phi) is 44.4. The molecule has 48 heavy (non-hydrogen) atoms. The first-order chi connectivity index (χ1) is 23.8. The second-order valence-electron chi connectivity index (χ2n) is 9.90. The van der Waals surface area contributed by atoms with E-state index < -0.39 is 5.97 Å². The summed E-state index contributed by atoms with van der Waals surface area (Å²) in [6.45, 7) is 12.2. The Labute approximate surface area is 301 Å². The molecule has 0 saturated heterocycles. The molecule has 0 spiro atoms. The largest absolute Gasteiger partial charge is 0.480 e. The van der Waals surface area contributed by atoms with Gasteiger partial charge in [-0.15, -0.1) is 0 Å². The number of halogens is 1. The van der Waals surface area contributed by atoms with Crippen LogP contribution in [0.1, 0.15) is 25.7 Å². The molecule has 0 atom stereocenters. The van der Waals surface area contributed by atoms with Crippen molar-refractivity contribution in [3.63, 3.8) is 0 Å². The normalized spacial score (nSPS) is 11.5. The summed E-state index contributed by atoms with van der Waals surface area (Å²) in [7, 11) is 0. The highest BCUT2D eigenvalue weighted by Crippen LogP contribution is 2.02. The number of hydrogen-bond donors (Lipinski definition) is 1. The summed E-state index contributed by atoms with van der Waals surface area (Å²) in [5.41, 5.74) is 0. The van der Waals surface area contributed by atoms with Gasteiger partial charge in [0, 0.05) is 6.61 Å². The summed E-state index contributed by atoms with van der Waals surface area (Å²) in [5, 5.41) is 8.43. The minimum Gasteiger partial charge on any atom is -0.480 e. The quantitative estimate of drug-likeness (QED) is 0.0543. The van der Waals surface area contributed by atoms with E-state index in [0.717, 1.165) is 13.0 Å². The Morgan fingerprint density at radius 3 is 0.750 bits per heavy atom. The number of carboxylic acids is 1. The first-order valence-electron chi connectivity index (χ1n) is 17.1. The second kappa shape index (κ2) is 44.7. The predicted molar refractivity (Wildman–Crippen MR) is 186 cm³/mol. The van der Waals surface area contributed by atoms with Gasteiger partial charge in [-0.2, -0.15) is 0 Å². The summed E-state index contributed by atoms with van der Waals surface area (Å²) < 4.78 is 71.5. The molecule has 288 valence electrons. The van der Waals surface area contributed by atoms with E-state index in [1.807, 2.05) is 0 Å². The van der Waals surface area contributed by atoms with Crippen molar-refractivity contribution in [2.24, 2.45) is 0 Å². The van der Waals surface area contributed by atoms with Gasteiger partial charge in [-0.1, -0.05) is 35.4 Å². The van der Waals surface area contributed by atoms with Crippen LogP contribution in [-0.4, -0.2) is 187 Å². The molecule has 0 aromatic heterocycles. The maximum atomic E-state index is 10.3. The first kappa shape index (κ1) is 47.7. The van der Waals surface area contributed by atoms with E-state index in [4.69, 9.17) is 66.7 Å². The van der Waals surface area contributed by atoms with Gasteiger partial charge in [0.1, 0.15) is 6.61 Å². The Bertz CT molecular complexity index is 610. The smallest absolute Gasteiger partial charge is 0.329 e. The molecule has 0 aromatic carbocycles. The molecule has 0 unspecified atom stereocenters. The number of hydrogen-bond acceptors (Lipinski definition) is 14. The van der Waals surface area contributed by atoms with E-state index >= 15 is 0 Å². The summed E-state index contributed by atoms with van der Waals surface area (Å²) in [4.78, 5) is 10.3. The summed E-state index contributed by atoms with van der Waals surface area (Å²) in [6.07, 6.45) is 4.96. The van der Waals surface area contributed by atoms with E-state index in [1.54, 1.807) is 0 Å². The van der Waals surface area contributed by atoms with E-state index in [-0.39, 0.29) is 13.2 Å². The van der Waals surface area contributed by atoms with Crippen molar-refractivity contribution in [3.05, 3.63) is 0 Å². The zero-order valence-corrected chi connectivity index (χ0v) is 31.1. The number of carboxylic acid groups (broad SMARTS) is 1. The zero-order valence-electron chi connectivity index (χ0n) is 29.0. The van der Waals surface area contributed by atoms with Crippen LogP contribution in [0.25, 0.3) is 0 Å². The van der Waals surface area contributed by atoms with Crippen LogP contribution in [0.3, 0.4) is 0 Å². The van der Waals surface area contributed by atoms with Crippen molar-refractivity contribution in [2.75, 3.05) is 176 Å².